The molecule has 374 valence electrons. The molecule has 0 spiro atoms. The average Bonchev–Trinajstić information content (AvgIpc) is 3.90. The molecule has 7 heteroatoms. The number of benzene rings is 9. The van der Waals surface area contributed by atoms with Gasteiger partial charge in [-0.25, -0.2) is 0 Å². The minimum absolute atomic E-state index is 0.221. The number of para-hydroxylation sites is 2. The van der Waals surface area contributed by atoms with Crippen LogP contribution >= 0.6 is 47.0 Å². The van der Waals surface area contributed by atoms with E-state index in [9.17, 15) is 0 Å². The van der Waals surface area contributed by atoms with Crippen molar-refractivity contribution in [3.05, 3.63) is 234 Å². The van der Waals surface area contributed by atoms with Crippen LogP contribution in [0.25, 0.3) is 33.4 Å². The second-order valence-electron chi connectivity index (χ2n) is 22.4. The normalized spacial score (nSPS) is 17.5. The molecule has 15 rings (SSSR count). The van der Waals surface area contributed by atoms with Crippen molar-refractivity contribution in [1.82, 2.24) is 0 Å². The molecule has 9 aromatic rings. The second kappa shape index (κ2) is 17.2. The van der Waals surface area contributed by atoms with Crippen molar-refractivity contribution in [3.8, 4) is 56.4 Å². The summed E-state index contributed by atoms with van der Waals surface area (Å²) in [6, 6.07) is 61.1. The Kier molecular flexibility index (Phi) is 10.6. The molecule has 0 saturated carbocycles. The zero-order valence-corrected chi connectivity index (χ0v) is 47.0. The van der Waals surface area contributed by atoms with Crippen molar-refractivity contribution in [2.75, 3.05) is 4.90 Å². The largest absolute Gasteiger partial charge is 0.454 e. The molecule has 0 radical (unpaired) electrons. The first-order valence-electron chi connectivity index (χ1n) is 26.5. The van der Waals surface area contributed by atoms with Crippen LogP contribution in [-0.4, -0.2) is 0 Å². The fourth-order valence-electron chi connectivity index (χ4n) is 12.7. The first kappa shape index (κ1) is 47.2. The maximum Gasteiger partial charge on any atom is 0.149 e. The molecule has 0 bridgehead atoms. The summed E-state index contributed by atoms with van der Waals surface area (Å²) in [4.78, 5) is 12.4. The Labute approximate surface area is 468 Å². The third kappa shape index (κ3) is 7.16. The van der Waals surface area contributed by atoms with Gasteiger partial charge in [0.25, 0.3) is 0 Å². The standard InChI is InChI=1S/C70H53NO2S4/c1-40-16-9-8-10-17-48-49(68(40,2)3)32-35-59-65(48)73-64-45(18-15-23-58(64)76-59)41-24-26-42(27-25-41)71(43-28-30-46-52(38-43)69(4,5)50-33-36-60-66(62(46)50)72-54-19-11-12-20-55(54)74-60)44-29-31-47-53(39-44)70(6,7)51-34-37-61-67(63(47)51)77-57-22-14-13-21-56(57)75-61/h8-16,18-39H,1,17H2,2-7H3/b10-8-,16-9-. The molecule has 3 aliphatic carbocycles. The predicted molar refractivity (Wildman–Crippen MR) is 322 cm³/mol. The molecule has 77 heavy (non-hydrogen) atoms. The van der Waals surface area contributed by atoms with E-state index >= 15 is 0 Å². The van der Waals surface area contributed by atoms with Gasteiger partial charge in [-0.2, -0.15) is 0 Å². The summed E-state index contributed by atoms with van der Waals surface area (Å²) in [5, 5.41) is 0. The molecule has 9 aromatic carbocycles. The van der Waals surface area contributed by atoms with Crippen LogP contribution in [0.2, 0.25) is 0 Å². The topological polar surface area (TPSA) is 21.7 Å². The fourth-order valence-corrected chi connectivity index (χ4v) is 17.1. The molecule has 6 aliphatic rings. The number of nitrogens with zero attached hydrogens (tertiary/aromatic N) is 1. The van der Waals surface area contributed by atoms with Crippen LogP contribution in [0.4, 0.5) is 17.1 Å². The Hall–Kier alpha value is -7.00. The summed E-state index contributed by atoms with van der Waals surface area (Å²) in [6.07, 6.45) is 9.38. The Balaban J connectivity index is 0.851. The van der Waals surface area contributed by atoms with Crippen molar-refractivity contribution < 1.29 is 9.47 Å². The monoisotopic (exact) mass is 1070 g/mol. The van der Waals surface area contributed by atoms with Gasteiger partial charge >= 0.3 is 0 Å². The van der Waals surface area contributed by atoms with Crippen molar-refractivity contribution >= 4 is 64.1 Å². The van der Waals surface area contributed by atoms with Gasteiger partial charge in [0.05, 0.1) is 19.6 Å². The Morgan fingerprint density at radius 1 is 0.429 bits per heavy atom. The summed E-state index contributed by atoms with van der Waals surface area (Å²) in [6.45, 7) is 18.6. The number of allylic oxidation sites excluding steroid dienone is 5. The zero-order chi connectivity index (χ0) is 52.1. The van der Waals surface area contributed by atoms with Crippen molar-refractivity contribution in [2.45, 2.75) is 103 Å². The summed E-state index contributed by atoms with van der Waals surface area (Å²) in [5.41, 5.74) is 18.7. The quantitative estimate of drug-likeness (QED) is 0.173. The number of ether oxygens (including phenoxy) is 2. The van der Waals surface area contributed by atoms with Crippen LogP contribution in [0.15, 0.2) is 239 Å². The average molecular weight is 1070 g/mol. The maximum atomic E-state index is 7.20. The van der Waals surface area contributed by atoms with E-state index in [1.807, 2.05) is 23.5 Å². The van der Waals surface area contributed by atoms with Gasteiger partial charge in [0.2, 0.25) is 0 Å². The highest BCUT2D eigenvalue weighted by atomic mass is 32.2. The van der Waals surface area contributed by atoms with Crippen molar-refractivity contribution in [2.24, 2.45) is 0 Å². The predicted octanol–water partition coefficient (Wildman–Crippen LogP) is 21.1. The molecular weight excluding hydrogens is 1020 g/mol. The summed E-state index contributed by atoms with van der Waals surface area (Å²) >= 11 is 7.40. The molecule has 3 heterocycles. The molecule has 3 aliphatic heterocycles. The highest BCUT2D eigenvalue weighted by Crippen LogP contribution is 2.62. The van der Waals surface area contributed by atoms with Crippen LogP contribution in [-0.2, 0) is 22.7 Å². The van der Waals surface area contributed by atoms with E-state index in [1.54, 1.807) is 23.5 Å². The van der Waals surface area contributed by atoms with Crippen LogP contribution in [0.1, 0.15) is 74.9 Å². The Bertz CT molecular complexity index is 3970. The van der Waals surface area contributed by atoms with Crippen LogP contribution in [0, 0.1) is 0 Å². The van der Waals surface area contributed by atoms with E-state index in [1.165, 1.54) is 75.2 Å². The number of anilines is 3. The van der Waals surface area contributed by atoms with E-state index in [0.717, 1.165) is 82.8 Å². The molecule has 0 amide bonds. The molecule has 3 nitrogen and oxygen atoms in total. The number of rotatable bonds is 4. The highest BCUT2D eigenvalue weighted by Gasteiger charge is 2.42. The van der Waals surface area contributed by atoms with Gasteiger partial charge in [0.1, 0.15) is 23.0 Å². The number of hydrogen-bond donors (Lipinski definition) is 0. The molecule has 0 unspecified atom stereocenters. The second-order valence-corrected chi connectivity index (χ2v) is 26.7. The molecule has 0 fully saturated rings. The van der Waals surface area contributed by atoms with Crippen LogP contribution in [0.5, 0.6) is 23.0 Å². The first-order valence-corrected chi connectivity index (χ1v) is 29.7. The van der Waals surface area contributed by atoms with Gasteiger partial charge in [0.15, 0.2) is 0 Å². The third-order valence-electron chi connectivity index (χ3n) is 17.0. The SMILES string of the molecule is C=C1/C=C\C=C/Cc2c(ccc3c2Oc2c(cccc2-c2ccc(N(c4ccc5c(c4)C(C)(C)c4ccc6c(c4-5)Oc4ccccc4S6)c4ccc5c(c4)C(C)(C)c4ccc6c(c4-5)Sc4ccccc4S6)cc2)S3)C1(C)C. The lowest BCUT2D eigenvalue weighted by molar-refractivity contribution is 0.448. The van der Waals surface area contributed by atoms with Gasteiger partial charge in [-0.05, 0) is 141 Å². The van der Waals surface area contributed by atoms with Gasteiger partial charge < -0.3 is 14.4 Å². The minimum Gasteiger partial charge on any atom is -0.454 e. The lowest BCUT2D eigenvalue weighted by Crippen LogP contribution is -2.21. The number of fused-ring (bicyclic) bond motifs is 16. The van der Waals surface area contributed by atoms with Gasteiger partial charge in [-0.3, -0.25) is 0 Å². The smallest absolute Gasteiger partial charge is 0.149 e. The summed E-state index contributed by atoms with van der Waals surface area (Å²) < 4.78 is 14.0. The molecule has 0 N–H and O–H groups in total. The zero-order valence-electron chi connectivity index (χ0n) is 43.7. The van der Waals surface area contributed by atoms with E-state index in [0.29, 0.717) is 0 Å². The van der Waals surface area contributed by atoms with Crippen LogP contribution in [0.3, 0.4) is 0 Å². The maximum absolute atomic E-state index is 7.20. The number of hydrogen-bond acceptors (Lipinski definition) is 7. The van der Waals surface area contributed by atoms with Gasteiger partial charge in [-0.15, -0.1) is 0 Å². The van der Waals surface area contributed by atoms with E-state index in [4.69, 9.17) is 9.47 Å². The van der Waals surface area contributed by atoms with Crippen molar-refractivity contribution in [1.29, 1.82) is 0 Å². The molecule has 0 saturated heterocycles. The molecule has 0 atom stereocenters. The lowest BCUT2D eigenvalue weighted by atomic mass is 9.75. The molecular formula is C70H53NO2S4. The minimum atomic E-state index is -0.276. The van der Waals surface area contributed by atoms with Gasteiger partial charge in [0, 0.05) is 75.1 Å². The molecule has 0 aromatic heterocycles. The van der Waals surface area contributed by atoms with Gasteiger partial charge in [-0.1, -0.05) is 198 Å². The Morgan fingerprint density at radius 3 is 1.74 bits per heavy atom. The van der Waals surface area contributed by atoms with Crippen LogP contribution < -0.4 is 14.4 Å². The van der Waals surface area contributed by atoms with E-state index in [-0.39, 0.29) is 16.2 Å². The van der Waals surface area contributed by atoms with E-state index in [2.05, 4.69) is 241 Å². The summed E-state index contributed by atoms with van der Waals surface area (Å²) in [5.74, 6) is 3.72. The highest BCUT2D eigenvalue weighted by molar-refractivity contribution is 8.05. The van der Waals surface area contributed by atoms with E-state index < -0.39 is 0 Å². The first-order chi connectivity index (χ1) is 37.3. The third-order valence-corrected chi connectivity index (χ3v) is 21.7. The fraction of sp³-hybridized carbons (Fsp3) is 0.143. The van der Waals surface area contributed by atoms with Crippen molar-refractivity contribution in [3.63, 3.8) is 0 Å². The lowest BCUT2D eigenvalue weighted by Gasteiger charge is -2.32. The summed E-state index contributed by atoms with van der Waals surface area (Å²) in [7, 11) is 0. The Morgan fingerprint density at radius 2 is 1.00 bits per heavy atom.